The van der Waals surface area contributed by atoms with Crippen molar-refractivity contribution in [2.45, 2.75) is 24.7 Å². The number of halogens is 2. The van der Waals surface area contributed by atoms with Gasteiger partial charge in [0.25, 0.3) is 0 Å². The van der Waals surface area contributed by atoms with E-state index >= 15 is 0 Å². The molecule has 3 aromatic carbocycles. The fourth-order valence-corrected chi connectivity index (χ4v) is 4.47. The van der Waals surface area contributed by atoms with Crippen molar-refractivity contribution in [2.75, 3.05) is 12.3 Å². The number of nitrogens with one attached hydrogen (secondary N) is 1. The van der Waals surface area contributed by atoms with Crippen molar-refractivity contribution in [1.29, 1.82) is 0 Å². The fourth-order valence-electron chi connectivity index (χ4n) is 3.10. The van der Waals surface area contributed by atoms with E-state index in [1.54, 1.807) is 16.4 Å². The third-order valence-electron chi connectivity index (χ3n) is 4.73. The standard InChI is InChI=1S/C24H24BrN5OS.ClH/c25-22-16-20(12-13-23(22)31-18-19-8-3-1-4-9-19)17-26-14-7-15-32-24-27-28-29-30(24)21-10-5-2-6-11-21;/h1-6,8-13,16,26H,7,14-15,17-18H2;1H. The van der Waals surface area contributed by atoms with Crippen LogP contribution in [0.5, 0.6) is 5.75 Å². The van der Waals surface area contributed by atoms with Crippen LogP contribution >= 0.6 is 40.1 Å². The molecule has 0 fully saturated rings. The second-order valence-corrected chi connectivity index (χ2v) is 9.04. The summed E-state index contributed by atoms with van der Waals surface area (Å²) in [5.41, 5.74) is 3.34. The zero-order chi connectivity index (χ0) is 22.0. The summed E-state index contributed by atoms with van der Waals surface area (Å²) >= 11 is 5.29. The zero-order valence-electron chi connectivity index (χ0n) is 17.9. The lowest BCUT2D eigenvalue weighted by Gasteiger charge is -2.11. The molecule has 0 bridgehead atoms. The van der Waals surface area contributed by atoms with E-state index < -0.39 is 0 Å². The highest BCUT2D eigenvalue weighted by atomic mass is 79.9. The van der Waals surface area contributed by atoms with Gasteiger partial charge in [-0.25, -0.2) is 0 Å². The molecule has 0 saturated heterocycles. The van der Waals surface area contributed by atoms with Crippen LogP contribution in [0.15, 0.2) is 88.5 Å². The second-order valence-electron chi connectivity index (χ2n) is 7.13. The first-order valence-corrected chi connectivity index (χ1v) is 12.2. The van der Waals surface area contributed by atoms with Crippen molar-refractivity contribution < 1.29 is 4.74 Å². The normalized spacial score (nSPS) is 10.6. The van der Waals surface area contributed by atoms with Crippen LogP contribution in [0.3, 0.4) is 0 Å². The number of thioether (sulfide) groups is 1. The molecule has 0 radical (unpaired) electrons. The van der Waals surface area contributed by atoms with Gasteiger partial charge in [-0.2, -0.15) is 4.68 Å². The highest BCUT2D eigenvalue weighted by molar-refractivity contribution is 9.10. The van der Waals surface area contributed by atoms with Gasteiger partial charge in [0.15, 0.2) is 0 Å². The van der Waals surface area contributed by atoms with Crippen molar-refractivity contribution in [3.05, 3.63) is 94.5 Å². The van der Waals surface area contributed by atoms with E-state index in [2.05, 4.69) is 61.0 Å². The summed E-state index contributed by atoms with van der Waals surface area (Å²) in [5, 5.41) is 16.4. The molecule has 4 rings (SSSR count). The maximum Gasteiger partial charge on any atom is 0.214 e. The fraction of sp³-hybridized carbons (Fsp3) is 0.208. The van der Waals surface area contributed by atoms with E-state index in [-0.39, 0.29) is 12.4 Å². The van der Waals surface area contributed by atoms with Crippen molar-refractivity contribution >= 4 is 40.1 Å². The predicted molar refractivity (Wildman–Crippen MR) is 138 cm³/mol. The highest BCUT2D eigenvalue weighted by Crippen LogP contribution is 2.27. The number of rotatable bonds is 11. The molecule has 0 aliphatic carbocycles. The Labute approximate surface area is 212 Å². The Balaban J connectivity index is 0.00000306. The number of hydrogen-bond donors (Lipinski definition) is 1. The van der Waals surface area contributed by atoms with Crippen LogP contribution < -0.4 is 10.1 Å². The van der Waals surface area contributed by atoms with Gasteiger partial charge in [0.05, 0.1) is 10.2 Å². The smallest absolute Gasteiger partial charge is 0.214 e. The summed E-state index contributed by atoms with van der Waals surface area (Å²) in [6, 6.07) is 26.3. The van der Waals surface area contributed by atoms with Gasteiger partial charge in [0.2, 0.25) is 5.16 Å². The van der Waals surface area contributed by atoms with Gasteiger partial charge in [0.1, 0.15) is 12.4 Å². The second kappa shape index (κ2) is 13.3. The summed E-state index contributed by atoms with van der Waals surface area (Å²) in [6.07, 6.45) is 1.02. The van der Waals surface area contributed by atoms with Crippen molar-refractivity contribution in [3.8, 4) is 11.4 Å². The molecule has 0 aliphatic heterocycles. The van der Waals surface area contributed by atoms with Crippen LogP contribution in [-0.4, -0.2) is 32.5 Å². The van der Waals surface area contributed by atoms with E-state index in [1.807, 2.05) is 54.6 Å². The molecule has 0 amide bonds. The molecule has 0 saturated carbocycles. The minimum Gasteiger partial charge on any atom is -0.488 e. The number of hydrogen-bond acceptors (Lipinski definition) is 6. The van der Waals surface area contributed by atoms with Gasteiger partial charge in [-0.3, -0.25) is 0 Å². The van der Waals surface area contributed by atoms with E-state index in [4.69, 9.17) is 4.74 Å². The van der Waals surface area contributed by atoms with Crippen LogP contribution in [-0.2, 0) is 13.2 Å². The minimum absolute atomic E-state index is 0. The van der Waals surface area contributed by atoms with Gasteiger partial charge in [-0.05, 0) is 74.7 Å². The molecule has 4 aromatic rings. The largest absolute Gasteiger partial charge is 0.488 e. The zero-order valence-corrected chi connectivity index (χ0v) is 21.2. The Hall–Kier alpha value is -2.39. The van der Waals surface area contributed by atoms with Crippen molar-refractivity contribution in [1.82, 2.24) is 25.5 Å². The first-order chi connectivity index (χ1) is 15.8. The molecular formula is C24H25BrClN5OS. The van der Waals surface area contributed by atoms with E-state index in [1.165, 1.54) is 5.56 Å². The summed E-state index contributed by atoms with van der Waals surface area (Å²) in [4.78, 5) is 0. The maximum atomic E-state index is 5.92. The van der Waals surface area contributed by atoms with Crippen molar-refractivity contribution in [2.24, 2.45) is 0 Å². The Kier molecular flexibility index (Phi) is 10.2. The maximum absolute atomic E-state index is 5.92. The molecule has 1 aromatic heterocycles. The van der Waals surface area contributed by atoms with Crippen LogP contribution in [0.1, 0.15) is 17.5 Å². The van der Waals surface area contributed by atoms with Gasteiger partial charge in [0, 0.05) is 12.3 Å². The number of ether oxygens (including phenoxy) is 1. The highest BCUT2D eigenvalue weighted by Gasteiger charge is 2.08. The Morgan fingerprint density at radius 3 is 2.45 bits per heavy atom. The van der Waals surface area contributed by atoms with E-state index in [0.717, 1.165) is 51.9 Å². The summed E-state index contributed by atoms with van der Waals surface area (Å²) in [7, 11) is 0. The number of nitrogens with zero attached hydrogens (tertiary/aromatic N) is 4. The van der Waals surface area contributed by atoms with Crippen LogP contribution in [0.2, 0.25) is 0 Å². The monoisotopic (exact) mass is 545 g/mol. The summed E-state index contributed by atoms with van der Waals surface area (Å²) in [6.45, 7) is 2.29. The first-order valence-electron chi connectivity index (χ1n) is 10.4. The quantitative estimate of drug-likeness (QED) is 0.192. The van der Waals surface area contributed by atoms with Crippen LogP contribution in [0.25, 0.3) is 5.69 Å². The molecule has 6 nitrogen and oxygen atoms in total. The summed E-state index contributed by atoms with van der Waals surface area (Å²) in [5.74, 6) is 1.79. The SMILES string of the molecule is Brc1cc(CNCCCSc2nnnn2-c2ccccc2)ccc1OCc1ccccc1.Cl. The molecule has 0 aliphatic rings. The van der Waals surface area contributed by atoms with Crippen LogP contribution in [0.4, 0.5) is 0 Å². The van der Waals surface area contributed by atoms with E-state index in [9.17, 15) is 0 Å². The topological polar surface area (TPSA) is 64.9 Å². The Bertz CT molecular complexity index is 1110. The molecule has 0 spiro atoms. The first kappa shape index (κ1) is 25.2. The average Bonchev–Trinajstić information content (AvgIpc) is 3.30. The van der Waals surface area contributed by atoms with E-state index in [0.29, 0.717) is 6.61 Å². The number of aromatic nitrogens is 4. The molecule has 9 heteroatoms. The molecule has 0 unspecified atom stereocenters. The van der Waals surface area contributed by atoms with Crippen LogP contribution in [0, 0.1) is 0 Å². The third-order valence-corrected chi connectivity index (χ3v) is 6.36. The average molecular weight is 547 g/mol. The Morgan fingerprint density at radius 2 is 1.70 bits per heavy atom. The lowest BCUT2D eigenvalue weighted by atomic mass is 10.2. The lowest BCUT2D eigenvalue weighted by Crippen LogP contribution is -2.15. The van der Waals surface area contributed by atoms with Crippen molar-refractivity contribution in [3.63, 3.8) is 0 Å². The molecular weight excluding hydrogens is 522 g/mol. The van der Waals surface area contributed by atoms with Gasteiger partial charge >= 0.3 is 0 Å². The molecule has 33 heavy (non-hydrogen) atoms. The number of tetrazole rings is 1. The predicted octanol–water partition coefficient (Wildman–Crippen LogP) is 5.70. The summed E-state index contributed by atoms with van der Waals surface area (Å²) < 4.78 is 8.67. The van der Waals surface area contributed by atoms with Gasteiger partial charge in [-0.15, -0.1) is 17.5 Å². The van der Waals surface area contributed by atoms with Gasteiger partial charge in [-0.1, -0.05) is 66.4 Å². The minimum atomic E-state index is 0. The molecule has 172 valence electrons. The number of benzene rings is 3. The third kappa shape index (κ3) is 7.57. The number of para-hydroxylation sites is 1. The molecule has 1 heterocycles. The Morgan fingerprint density at radius 1 is 0.939 bits per heavy atom. The van der Waals surface area contributed by atoms with Gasteiger partial charge < -0.3 is 10.1 Å². The molecule has 1 N–H and O–H groups in total. The molecule has 0 atom stereocenters. The lowest BCUT2D eigenvalue weighted by molar-refractivity contribution is 0.304.